The van der Waals surface area contributed by atoms with Crippen LogP contribution in [0.3, 0.4) is 0 Å². The summed E-state index contributed by atoms with van der Waals surface area (Å²) in [6.07, 6.45) is 9.80. The van der Waals surface area contributed by atoms with Gasteiger partial charge < -0.3 is 9.84 Å². The molecule has 1 aromatic heterocycles. The molecule has 1 saturated heterocycles. The normalized spacial score (nSPS) is 17.0. The smallest absolute Gasteiger partial charge is 0.167 e. The molecule has 0 saturated carbocycles. The van der Waals surface area contributed by atoms with Gasteiger partial charge in [-0.15, -0.1) is 24.8 Å². The highest BCUT2D eigenvalue weighted by molar-refractivity contribution is 5.86. The number of anilines is 1. The van der Waals surface area contributed by atoms with E-state index in [1.807, 2.05) is 0 Å². The third kappa shape index (κ3) is 5.98. The summed E-state index contributed by atoms with van der Waals surface area (Å²) in [5.74, 6) is 0.855. The molecule has 2 aliphatic rings. The molecule has 3 aromatic rings. The van der Waals surface area contributed by atoms with Gasteiger partial charge in [0.1, 0.15) is 0 Å². The van der Waals surface area contributed by atoms with Crippen molar-refractivity contribution in [3.05, 3.63) is 59.3 Å². The number of nitrogens with zero attached hydrogens (tertiary/aromatic N) is 2. The summed E-state index contributed by atoms with van der Waals surface area (Å²) < 4.78 is 5.68. The number of rotatable bonds is 6. The fourth-order valence-corrected chi connectivity index (χ4v) is 5.12. The summed E-state index contributed by atoms with van der Waals surface area (Å²) in [7, 11) is 0. The molecule has 174 valence electrons. The van der Waals surface area contributed by atoms with Crippen LogP contribution in [-0.2, 0) is 19.4 Å². The quantitative estimate of drug-likeness (QED) is 0.432. The zero-order valence-corrected chi connectivity index (χ0v) is 20.4. The Hall–Kier alpha value is -1.75. The number of hydrogen-bond acceptors (Lipinski definition) is 4. The van der Waals surface area contributed by atoms with Gasteiger partial charge in [0.15, 0.2) is 5.58 Å². The summed E-state index contributed by atoms with van der Waals surface area (Å²) in [4.78, 5) is 2.61. The number of hydrogen-bond donors (Lipinski definition) is 1. The van der Waals surface area contributed by atoms with Gasteiger partial charge in [-0.3, -0.25) is 4.90 Å². The van der Waals surface area contributed by atoms with Gasteiger partial charge in [-0.1, -0.05) is 35.5 Å². The van der Waals surface area contributed by atoms with Crippen LogP contribution in [0.25, 0.3) is 11.0 Å². The zero-order chi connectivity index (χ0) is 20.2. The van der Waals surface area contributed by atoms with Crippen LogP contribution in [0.5, 0.6) is 0 Å². The van der Waals surface area contributed by atoms with Crippen LogP contribution in [0.4, 0.5) is 5.69 Å². The van der Waals surface area contributed by atoms with Gasteiger partial charge in [0.05, 0.1) is 5.69 Å². The van der Waals surface area contributed by atoms with Crippen molar-refractivity contribution in [3.8, 4) is 0 Å². The molecule has 0 bridgehead atoms. The maximum Gasteiger partial charge on any atom is 0.167 e. The lowest BCUT2D eigenvalue weighted by Gasteiger charge is -2.32. The molecule has 0 atom stereocenters. The highest BCUT2D eigenvalue weighted by Crippen LogP contribution is 2.31. The molecule has 2 aliphatic heterocycles. The number of nitrogens with one attached hydrogen (secondary N) is 1. The standard InChI is InChI=1S/C26H33N3O.2ClH/c1-2-7-21(8-3-1)19-29-15-12-20(13-16-29)9-6-11-24-23-18-25-22(10-4-5-14-27-25)17-26(23)30-28-24;;/h1-3,7-8,17-18,20,27H,4-6,9-16,19H2;2*1H. The van der Waals surface area contributed by atoms with E-state index < -0.39 is 0 Å². The molecule has 3 heterocycles. The predicted octanol–water partition coefficient (Wildman–Crippen LogP) is 6.65. The molecule has 1 N–H and O–H groups in total. The lowest BCUT2D eigenvalue weighted by Crippen LogP contribution is -2.33. The van der Waals surface area contributed by atoms with Gasteiger partial charge >= 0.3 is 0 Å². The molecule has 4 nitrogen and oxygen atoms in total. The molecule has 32 heavy (non-hydrogen) atoms. The highest BCUT2D eigenvalue weighted by Gasteiger charge is 2.20. The SMILES string of the molecule is Cl.Cl.c1ccc(CN2CCC(CCCc3noc4cc5c(cc34)NCCCC5)CC2)cc1. The van der Waals surface area contributed by atoms with Gasteiger partial charge in [0.2, 0.25) is 0 Å². The third-order valence-corrected chi connectivity index (χ3v) is 6.94. The minimum absolute atomic E-state index is 0. The molecule has 1 fully saturated rings. The first-order chi connectivity index (χ1) is 14.8. The Morgan fingerprint density at radius 1 is 1.03 bits per heavy atom. The highest BCUT2D eigenvalue weighted by atomic mass is 35.5. The molecule has 5 rings (SSSR count). The van der Waals surface area contributed by atoms with Gasteiger partial charge in [0, 0.05) is 24.2 Å². The number of fused-ring (bicyclic) bond motifs is 2. The Morgan fingerprint density at radius 3 is 2.66 bits per heavy atom. The largest absolute Gasteiger partial charge is 0.385 e. The van der Waals surface area contributed by atoms with E-state index in [1.54, 1.807) is 0 Å². The van der Waals surface area contributed by atoms with Gasteiger partial charge in [-0.05, 0) is 93.6 Å². The minimum Gasteiger partial charge on any atom is -0.385 e. The van der Waals surface area contributed by atoms with Crippen LogP contribution >= 0.6 is 24.8 Å². The van der Waals surface area contributed by atoms with Crippen molar-refractivity contribution in [2.24, 2.45) is 5.92 Å². The Morgan fingerprint density at radius 2 is 1.84 bits per heavy atom. The van der Waals surface area contributed by atoms with Crippen LogP contribution in [-0.4, -0.2) is 29.7 Å². The van der Waals surface area contributed by atoms with Gasteiger partial charge in [0.25, 0.3) is 0 Å². The number of benzene rings is 2. The second-order valence-electron chi connectivity index (χ2n) is 9.12. The number of piperidine rings is 1. The summed E-state index contributed by atoms with van der Waals surface area (Å²) in [6.45, 7) is 4.62. The summed E-state index contributed by atoms with van der Waals surface area (Å²) >= 11 is 0. The number of aryl methyl sites for hydroxylation is 2. The Labute approximate surface area is 203 Å². The van der Waals surface area contributed by atoms with Crippen molar-refractivity contribution < 1.29 is 4.52 Å². The molecule has 6 heteroatoms. The minimum atomic E-state index is 0. The van der Waals surface area contributed by atoms with Crippen molar-refractivity contribution in [2.45, 2.75) is 57.9 Å². The van der Waals surface area contributed by atoms with E-state index >= 15 is 0 Å². The number of aromatic nitrogens is 1. The molecule has 0 aliphatic carbocycles. The zero-order valence-electron chi connectivity index (χ0n) is 18.7. The fraction of sp³-hybridized carbons (Fsp3) is 0.500. The van der Waals surface area contributed by atoms with Crippen LogP contribution in [0, 0.1) is 5.92 Å². The molecule has 0 amide bonds. The average Bonchev–Trinajstić information content (AvgIpc) is 3.01. The monoisotopic (exact) mass is 475 g/mol. The molecule has 0 radical (unpaired) electrons. The van der Waals surface area contributed by atoms with E-state index in [-0.39, 0.29) is 24.8 Å². The fourth-order valence-electron chi connectivity index (χ4n) is 5.12. The molecule has 0 spiro atoms. The molecular weight excluding hydrogens is 441 g/mol. The first-order valence-electron chi connectivity index (χ1n) is 11.8. The second-order valence-corrected chi connectivity index (χ2v) is 9.12. The van der Waals surface area contributed by atoms with Gasteiger partial charge in [-0.2, -0.15) is 0 Å². The number of halogens is 2. The maximum absolute atomic E-state index is 5.68. The van der Waals surface area contributed by atoms with E-state index in [4.69, 9.17) is 4.52 Å². The molecule has 2 aromatic carbocycles. The molecule has 0 unspecified atom stereocenters. The van der Waals surface area contributed by atoms with Crippen molar-refractivity contribution >= 4 is 41.5 Å². The van der Waals surface area contributed by atoms with Crippen molar-refractivity contribution in [3.63, 3.8) is 0 Å². The Kier molecular flexibility index (Phi) is 9.27. The lowest BCUT2D eigenvalue weighted by atomic mass is 9.91. The van der Waals surface area contributed by atoms with Crippen molar-refractivity contribution in [1.29, 1.82) is 0 Å². The Bertz CT molecular complexity index is 968. The van der Waals surface area contributed by atoms with Crippen molar-refractivity contribution in [2.75, 3.05) is 25.0 Å². The van der Waals surface area contributed by atoms with Crippen LogP contribution < -0.4 is 5.32 Å². The van der Waals surface area contributed by atoms with E-state index in [0.29, 0.717) is 0 Å². The number of likely N-dealkylation sites (tertiary alicyclic amines) is 1. The van der Waals surface area contributed by atoms with E-state index in [1.165, 1.54) is 73.8 Å². The van der Waals surface area contributed by atoms with Crippen LogP contribution in [0.15, 0.2) is 47.0 Å². The van der Waals surface area contributed by atoms with E-state index in [0.717, 1.165) is 43.1 Å². The van der Waals surface area contributed by atoms with Crippen molar-refractivity contribution in [1.82, 2.24) is 10.1 Å². The van der Waals surface area contributed by atoms with E-state index in [2.05, 4.69) is 57.8 Å². The summed E-state index contributed by atoms with van der Waals surface area (Å²) in [5.41, 5.74) is 6.20. The maximum atomic E-state index is 5.68. The first kappa shape index (κ1) is 24.9. The topological polar surface area (TPSA) is 41.3 Å². The summed E-state index contributed by atoms with van der Waals surface area (Å²) in [6, 6.07) is 15.4. The van der Waals surface area contributed by atoms with Crippen LogP contribution in [0.1, 0.15) is 55.3 Å². The predicted molar refractivity (Wildman–Crippen MR) is 137 cm³/mol. The average molecular weight is 476 g/mol. The van der Waals surface area contributed by atoms with Gasteiger partial charge in [-0.25, -0.2) is 0 Å². The second kappa shape index (κ2) is 11.9. The third-order valence-electron chi connectivity index (χ3n) is 6.94. The van der Waals surface area contributed by atoms with Crippen LogP contribution in [0.2, 0.25) is 0 Å². The molecular formula is C26H35Cl2N3O. The Balaban J connectivity index is 0.00000144. The summed E-state index contributed by atoms with van der Waals surface area (Å²) in [5, 5.41) is 9.22. The lowest BCUT2D eigenvalue weighted by molar-refractivity contribution is 0.171. The first-order valence-corrected chi connectivity index (χ1v) is 11.8. The van der Waals surface area contributed by atoms with E-state index in [9.17, 15) is 0 Å².